The molecule has 2 rings (SSSR count). The van der Waals surface area contributed by atoms with E-state index in [0.29, 0.717) is 13.1 Å². The monoisotopic (exact) mass is 276 g/mol. The molecule has 0 heterocycles. The van der Waals surface area contributed by atoms with Gasteiger partial charge in [0.15, 0.2) is 0 Å². The lowest BCUT2D eigenvalue weighted by Gasteiger charge is -2.31. The van der Waals surface area contributed by atoms with Crippen molar-refractivity contribution in [2.24, 2.45) is 11.1 Å². The van der Waals surface area contributed by atoms with Crippen molar-refractivity contribution in [1.82, 2.24) is 4.90 Å². The van der Waals surface area contributed by atoms with Crippen molar-refractivity contribution in [3.8, 4) is 5.75 Å². The summed E-state index contributed by atoms with van der Waals surface area (Å²) in [6.45, 7) is 1.07. The molecule has 1 amide bonds. The van der Waals surface area contributed by atoms with Crippen LogP contribution in [0.25, 0.3) is 0 Å². The van der Waals surface area contributed by atoms with Gasteiger partial charge in [0.05, 0.1) is 12.5 Å². The molecule has 0 aliphatic heterocycles. The minimum Gasteiger partial charge on any atom is -0.497 e. The van der Waals surface area contributed by atoms with Crippen molar-refractivity contribution in [3.63, 3.8) is 0 Å². The second-order valence-corrected chi connectivity index (χ2v) is 5.70. The number of ether oxygens (including phenoxy) is 1. The van der Waals surface area contributed by atoms with E-state index in [-0.39, 0.29) is 11.3 Å². The number of nitrogens with two attached hydrogens (primary N) is 1. The summed E-state index contributed by atoms with van der Waals surface area (Å²) >= 11 is 0. The summed E-state index contributed by atoms with van der Waals surface area (Å²) in [6.07, 6.45) is 4.07. The normalized spacial score (nSPS) is 16.9. The molecule has 1 fully saturated rings. The lowest BCUT2D eigenvalue weighted by atomic mass is 9.84. The van der Waals surface area contributed by atoms with Crippen LogP contribution in [0, 0.1) is 5.41 Å². The van der Waals surface area contributed by atoms with Gasteiger partial charge in [-0.25, -0.2) is 0 Å². The first-order chi connectivity index (χ1) is 9.61. The molecular formula is C16H24N2O2. The van der Waals surface area contributed by atoms with E-state index < -0.39 is 0 Å². The molecule has 110 valence electrons. The molecule has 0 radical (unpaired) electrons. The second-order valence-electron chi connectivity index (χ2n) is 5.70. The standard InChI is InChI=1S/C16H24N2O2/c1-18(11-13-5-7-14(20-2)8-6-13)15(19)16(12-17)9-3-4-10-16/h5-8H,3-4,9-12,17H2,1-2H3. The van der Waals surface area contributed by atoms with E-state index >= 15 is 0 Å². The Kier molecular flexibility index (Phi) is 4.65. The van der Waals surface area contributed by atoms with Crippen molar-refractivity contribution in [1.29, 1.82) is 0 Å². The highest BCUT2D eigenvalue weighted by Gasteiger charge is 2.41. The summed E-state index contributed by atoms with van der Waals surface area (Å²) in [7, 11) is 3.51. The fourth-order valence-corrected chi connectivity index (χ4v) is 3.04. The van der Waals surface area contributed by atoms with E-state index in [1.807, 2.05) is 31.3 Å². The zero-order valence-electron chi connectivity index (χ0n) is 12.4. The molecule has 0 spiro atoms. The second kappa shape index (κ2) is 6.27. The van der Waals surface area contributed by atoms with Crippen LogP contribution in [0.4, 0.5) is 0 Å². The maximum atomic E-state index is 12.6. The van der Waals surface area contributed by atoms with Crippen molar-refractivity contribution in [2.75, 3.05) is 20.7 Å². The topological polar surface area (TPSA) is 55.6 Å². The first-order valence-electron chi connectivity index (χ1n) is 7.20. The number of hydrogen-bond acceptors (Lipinski definition) is 3. The van der Waals surface area contributed by atoms with Crippen molar-refractivity contribution in [2.45, 2.75) is 32.2 Å². The van der Waals surface area contributed by atoms with Gasteiger partial charge in [0, 0.05) is 20.1 Å². The number of benzene rings is 1. The predicted molar refractivity (Wildman–Crippen MR) is 79.4 cm³/mol. The Bertz CT molecular complexity index is 450. The fraction of sp³-hybridized carbons (Fsp3) is 0.562. The minimum atomic E-state index is -0.318. The molecule has 0 atom stereocenters. The number of amides is 1. The highest BCUT2D eigenvalue weighted by Crippen LogP contribution is 2.38. The van der Waals surface area contributed by atoms with Crippen LogP contribution in [0.2, 0.25) is 0 Å². The van der Waals surface area contributed by atoms with Crippen LogP contribution in [-0.4, -0.2) is 31.5 Å². The van der Waals surface area contributed by atoms with Gasteiger partial charge < -0.3 is 15.4 Å². The third kappa shape index (κ3) is 2.96. The molecule has 20 heavy (non-hydrogen) atoms. The van der Waals surface area contributed by atoms with E-state index in [1.165, 1.54) is 0 Å². The molecule has 1 aromatic rings. The number of carbonyl (C=O) groups is 1. The van der Waals surface area contributed by atoms with Crippen LogP contribution in [0.1, 0.15) is 31.2 Å². The van der Waals surface area contributed by atoms with E-state index in [9.17, 15) is 4.79 Å². The van der Waals surface area contributed by atoms with Crippen molar-refractivity contribution >= 4 is 5.91 Å². The first-order valence-corrected chi connectivity index (χ1v) is 7.20. The fourth-order valence-electron chi connectivity index (χ4n) is 3.04. The zero-order valence-corrected chi connectivity index (χ0v) is 12.4. The Hall–Kier alpha value is -1.55. The third-order valence-electron chi connectivity index (χ3n) is 4.33. The largest absolute Gasteiger partial charge is 0.497 e. The zero-order chi connectivity index (χ0) is 14.6. The quantitative estimate of drug-likeness (QED) is 0.896. The Balaban J connectivity index is 2.03. The summed E-state index contributed by atoms with van der Waals surface area (Å²) in [5.41, 5.74) is 6.66. The van der Waals surface area contributed by atoms with Crippen molar-refractivity contribution < 1.29 is 9.53 Å². The van der Waals surface area contributed by atoms with Crippen molar-refractivity contribution in [3.05, 3.63) is 29.8 Å². The van der Waals surface area contributed by atoms with E-state index in [2.05, 4.69) is 0 Å². The van der Waals surface area contributed by atoms with Gasteiger partial charge >= 0.3 is 0 Å². The summed E-state index contributed by atoms with van der Waals surface area (Å²) in [4.78, 5) is 14.5. The van der Waals surface area contributed by atoms with Gasteiger partial charge in [-0.1, -0.05) is 25.0 Å². The highest BCUT2D eigenvalue weighted by atomic mass is 16.5. The molecule has 0 bridgehead atoms. The number of nitrogens with zero attached hydrogens (tertiary/aromatic N) is 1. The van der Waals surface area contributed by atoms with Gasteiger partial charge in [0.2, 0.25) is 5.91 Å². The lowest BCUT2D eigenvalue weighted by Crippen LogP contribution is -2.44. The summed E-state index contributed by atoms with van der Waals surface area (Å²) in [5.74, 6) is 1.02. The average molecular weight is 276 g/mol. The molecule has 4 nitrogen and oxygen atoms in total. The maximum absolute atomic E-state index is 12.6. The van der Waals surface area contributed by atoms with Gasteiger partial charge in [-0.2, -0.15) is 0 Å². The van der Waals surface area contributed by atoms with Gasteiger partial charge in [0.25, 0.3) is 0 Å². The Labute approximate surface area is 120 Å². The molecule has 0 saturated heterocycles. The van der Waals surface area contributed by atoms with Crippen LogP contribution in [0.15, 0.2) is 24.3 Å². The summed E-state index contributed by atoms with van der Waals surface area (Å²) in [6, 6.07) is 7.82. The Morgan fingerprint density at radius 2 is 1.90 bits per heavy atom. The molecule has 1 aromatic carbocycles. The molecule has 1 aliphatic rings. The molecule has 0 aromatic heterocycles. The van der Waals surface area contributed by atoms with Crippen LogP contribution in [0.3, 0.4) is 0 Å². The Morgan fingerprint density at radius 3 is 2.40 bits per heavy atom. The summed E-state index contributed by atoms with van der Waals surface area (Å²) in [5, 5.41) is 0. The molecule has 1 aliphatic carbocycles. The minimum absolute atomic E-state index is 0.188. The van der Waals surface area contributed by atoms with E-state index in [1.54, 1.807) is 12.0 Å². The molecule has 4 heteroatoms. The highest BCUT2D eigenvalue weighted by molar-refractivity contribution is 5.83. The molecular weight excluding hydrogens is 252 g/mol. The first kappa shape index (κ1) is 14.9. The van der Waals surface area contributed by atoms with Gasteiger partial charge in [-0.3, -0.25) is 4.79 Å². The Morgan fingerprint density at radius 1 is 1.30 bits per heavy atom. The molecule has 2 N–H and O–H groups in total. The van der Waals surface area contributed by atoms with Gasteiger partial charge in [0.1, 0.15) is 5.75 Å². The van der Waals surface area contributed by atoms with Gasteiger partial charge in [-0.05, 0) is 30.5 Å². The molecule has 1 saturated carbocycles. The SMILES string of the molecule is COc1ccc(CN(C)C(=O)C2(CN)CCCC2)cc1. The molecule has 0 unspecified atom stereocenters. The maximum Gasteiger partial charge on any atom is 0.230 e. The third-order valence-corrected chi connectivity index (χ3v) is 4.33. The number of carbonyl (C=O) groups excluding carboxylic acids is 1. The van der Waals surface area contributed by atoms with Crippen LogP contribution >= 0.6 is 0 Å². The van der Waals surface area contributed by atoms with Crippen LogP contribution in [0.5, 0.6) is 5.75 Å². The number of rotatable bonds is 5. The smallest absolute Gasteiger partial charge is 0.230 e. The van der Waals surface area contributed by atoms with Crippen LogP contribution < -0.4 is 10.5 Å². The predicted octanol–water partition coefficient (Wildman–Crippen LogP) is 2.17. The lowest BCUT2D eigenvalue weighted by molar-refractivity contribution is -0.140. The number of methoxy groups -OCH3 is 1. The average Bonchev–Trinajstić information content (AvgIpc) is 2.97. The van der Waals surface area contributed by atoms with E-state index in [0.717, 1.165) is 37.0 Å². The van der Waals surface area contributed by atoms with Gasteiger partial charge in [-0.15, -0.1) is 0 Å². The van der Waals surface area contributed by atoms with E-state index in [4.69, 9.17) is 10.5 Å². The number of hydrogen-bond donors (Lipinski definition) is 1. The van der Waals surface area contributed by atoms with Crippen LogP contribution in [-0.2, 0) is 11.3 Å². The summed E-state index contributed by atoms with van der Waals surface area (Å²) < 4.78 is 5.14.